The molecule has 0 radical (unpaired) electrons. The number of benzene rings is 3. The summed E-state index contributed by atoms with van der Waals surface area (Å²) in [7, 11) is 0. The lowest BCUT2D eigenvalue weighted by Crippen LogP contribution is -2.03. The smallest absolute Gasteiger partial charge is 0.269 e. The first-order valence-electron chi connectivity index (χ1n) is 7.71. The van der Waals surface area contributed by atoms with Crippen LogP contribution in [0.3, 0.4) is 0 Å². The Morgan fingerprint density at radius 3 is 2.44 bits per heavy atom. The summed E-state index contributed by atoms with van der Waals surface area (Å²) in [6.07, 6.45) is 1.79. The molecule has 3 aromatic carbocycles. The van der Waals surface area contributed by atoms with Crippen LogP contribution in [0.5, 0.6) is 0 Å². The lowest BCUT2D eigenvalue weighted by Gasteiger charge is -2.09. The molecule has 0 bridgehead atoms. The first-order valence-corrected chi connectivity index (χ1v) is 7.71. The van der Waals surface area contributed by atoms with Crippen LogP contribution in [0.2, 0.25) is 0 Å². The highest BCUT2D eigenvalue weighted by molar-refractivity contribution is 6.21. The summed E-state index contributed by atoms with van der Waals surface area (Å²) in [6, 6.07) is 18.9. The van der Waals surface area contributed by atoms with Gasteiger partial charge in [0, 0.05) is 40.2 Å². The van der Waals surface area contributed by atoms with Crippen LogP contribution >= 0.6 is 0 Å². The van der Waals surface area contributed by atoms with E-state index in [4.69, 9.17) is 0 Å². The van der Waals surface area contributed by atoms with E-state index in [1.54, 1.807) is 18.3 Å². The number of nitrogens with zero attached hydrogens (tertiary/aromatic N) is 2. The summed E-state index contributed by atoms with van der Waals surface area (Å²) in [5, 5.41) is 13.5. The molecule has 0 aliphatic rings. The van der Waals surface area contributed by atoms with Crippen molar-refractivity contribution < 1.29 is 9.72 Å². The minimum Gasteiger partial charge on any atom is -0.289 e. The van der Waals surface area contributed by atoms with Crippen molar-refractivity contribution in [3.05, 3.63) is 94.2 Å². The molecule has 4 aromatic rings. The van der Waals surface area contributed by atoms with Gasteiger partial charge in [0.1, 0.15) is 0 Å². The largest absolute Gasteiger partial charge is 0.289 e. The molecule has 0 unspecified atom stereocenters. The maximum atomic E-state index is 13.0. The van der Waals surface area contributed by atoms with E-state index < -0.39 is 4.92 Å². The third-order valence-electron chi connectivity index (χ3n) is 4.20. The van der Waals surface area contributed by atoms with E-state index in [-0.39, 0.29) is 11.5 Å². The van der Waals surface area contributed by atoms with Crippen LogP contribution in [0.1, 0.15) is 15.9 Å². The molecule has 5 nitrogen and oxygen atoms in total. The molecular formula is C20H12N2O3. The minimum absolute atomic E-state index is 0.0402. The van der Waals surface area contributed by atoms with Crippen LogP contribution in [-0.2, 0) is 0 Å². The summed E-state index contributed by atoms with van der Waals surface area (Å²) in [4.78, 5) is 27.7. The number of hydrogen-bond acceptors (Lipinski definition) is 4. The van der Waals surface area contributed by atoms with Crippen LogP contribution in [0.15, 0.2) is 72.9 Å². The first kappa shape index (κ1) is 15.0. The normalized spacial score (nSPS) is 10.9. The molecule has 5 heteroatoms. The van der Waals surface area contributed by atoms with Gasteiger partial charge in [-0.05, 0) is 23.6 Å². The van der Waals surface area contributed by atoms with E-state index in [0.717, 1.165) is 21.7 Å². The number of nitro benzene ring substituents is 1. The third-order valence-corrected chi connectivity index (χ3v) is 4.20. The molecule has 120 valence electrons. The number of nitro groups is 1. The number of rotatable bonds is 3. The number of hydrogen-bond donors (Lipinski definition) is 0. The number of non-ortho nitro benzene ring substituents is 1. The Morgan fingerprint density at radius 1 is 0.920 bits per heavy atom. The molecule has 1 aromatic heterocycles. The molecule has 0 N–H and O–H groups in total. The van der Waals surface area contributed by atoms with Crippen molar-refractivity contribution in [1.82, 2.24) is 4.98 Å². The molecular weight excluding hydrogens is 316 g/mol. The maximum absolute atomic E-state index is 13.0. The molecule has 0 atom stereocenters. The van der Waals surface area contributed by atoms with Gasteiger partial charge in [-0.3, -0.25) is 19.9 Å². The number of ketones is 1. The second-order valence-corrected chi connectivity index (χ2v) is 5.68. The fourth-order valence-corrected chi connectivity index (χ4v) is 2.99. The van der Waals surface area contributed by atoms with E-state index in [9.17, 15) is 14.9 Å². The molecule has 0 aliphatic carbocycles. The highest BCUT2D eigenvalue weighted by Gasteiger charge is 2.16. The van der Waals surface area contributed by atoms with Crippen molar-refractivity contribution in [2.24, 2.45) is 0 Å². The van der Waals surface area contributed by atoms with Gasteiger partial charge in [0.05, 0.1) is 10.4 Å². The SMILES string of the molecule is O=C(c1ccc([N+](=O)[O-])cc1)c1cccc2ncc3ccccc3c12. The van der Waals surface area contributed by atoms with Gasteiger partial charge >= 0.3 is 0 Å². The Kier molecular flexibility index (Phi) is 3.47. The molecule has 4 rings (SSSR count). The fraction of sp³-hybridized carbons (Fsp3) is 0. The summed E-state index contributed by atoms with van der Waals surface area (Å²) in [5.74, 6) is -0.182. The summed E-state index contributed by atoms with van der Waals surface area (Å²) >= 11 is 0. The average molecular weight is 328 g/mol. The lowest BCUT2D eigenvalue weighted by atomic mass is 9.96. The minimum atomic E-state index is -0.483. The zero-order valence-corrected chi connectivity index (χ0v) is 13.0. The van der Waals surface area contributed by atoms with Crippen LogP contribution < -0.4 is 0 Å². The zero-order valence-electron chi connectivity index (χ0n) is 13.0. The van der Waals surface area contributed by atoms with Gasteiger partial charge in [-0.15, -0.1) is 0 Å². The molecule has 0 amide bonds. The van der Waals surface area contributed by atoms with Crippen molar-refractivity contribution in [1.29, 1.82) is 0 Å². The monoisotopic (exact) mass is 328 g/mol. The zero-order chi connectivity index (χ0) is 17.4. The van der Waals surface area contributed by atoms with Gasteiger partial charge in [0.2, 0.25) is 0 Å². The molecule has 0 spiro atoms. The first-order chi connectivity index (χ1) is 12.1. The Morgan fingerprint density at radius 2 is 1.68 bits per heavy atom. The average Bonchev–Trinajstić information content (AvgIpc) is 2.67. The topological polar surface area (TPSA) is 73.1 Å². The Hall–Kier alpha value is -3.60. The molecule has 0 saturated heterocycles. The molecule has 0 saturated carbocycles. The van der Waals surface area contributed by atoms with Crippen molar-refractivity contribution >= 4 is 33.1 Å². The van der Waals surface area contributed by atoms with Gasteiger partial charge in [-0.1, -0.05) is 36.4 Å². The van der Waals surface area contributed by atoms with Gasteiger partial charge in [-0.2, -0.15) is 0 Å². The number of pyridine rings is 1. The van der Waals surface area contributed by atoms with Crippen molar-refractivity contribution in [2.45, 2.75) is 0 Å². The van der Waals surface area contributed by atoms with Gasteiger partial charge in [-0.25, -0.2) is 0 Å². The highest BCUT2D eigenvalue weighted by Crippen LogP contribution is 2.28. The predicted molar refractivity (Wildman–Crippen MR) is 95.8 cm³/mol. The fourth-order valence-electron chi connectivity index (χ4n) is 2.99. The molecule has 1 heterocycles. The summed E-state index contributed by atoms with van der Waals surface area (Å²) < 4.78 is 0. The number of aromatic nitrogens is 1. The van der Waals surface area contributed by atoms with Crippen LogP contribution in [0.25, 0.3) is 21.7 Å². The summed E-state index contributed by atoms with van der Waals surface area (Å²) in [5.41, 5.74) is 1.65. The van der Waals surface area contributed by atoms with Crippen LogP contribution in [0.4, 0.5) is 5.69 Å². The lowest BCUT2D eigenvalue weighted by molar-refractivity contribution is -0.384. The number of carbonyl (C=O) groups excluding carboxylic acids is 1. The second kappa shape index (κ2) is 5.79. The Labute approximate surface area is 142 Å². The summed E-state index contributed by atoms with van der Waals surface area (Å²) in [6.45, 7) is 0. The quantitative estimate of drug-likeness (QED) is 0.240. The third kappa shape index (κ3) is 2.52. The van der Waals surface area contributed by atoms with Crippen LogP contribution in [-0.4, -0.2) is 15.7 Å². The number of carbonyl (C=O) groups is 1. The predicted octanol–water partition coefficient (Wildman–Crippen LogP) is 4.53. The van der Waals surface area contributed by atoms with E-state index >= 15 is 0 Å². The molecule has 0 fully saturated rings. The van der Waals surface area contributed by atoms with E-state index in [2.05, 4.69) is 4.98 Å². The maximum Gasteiger partial charge on any atom is 0.269 e. The molecule has 0 aliphatic heterocycles. The Bertz CT molecular complexity index is 1130. The van der Waals surface area contributed by atoms with E-state index in [1.807, 2.05) is 30.3 Å². The van der Waals surface area contributed by atoms with E-state index in [0.29, 0.717) is 11.1 Å². The molecule has 25 heavy (non-hydrogen) atoms. The number of fused-ring (bicyclic) bond motifs is 3. The van der Waals surface area contributed by atoms with E-state index in [1.165, 1.54) is 24.3 Å². The van der Waals surface area contributed by atoms with Crippen molar-refractivity contribution in [2.75, 3.05) is 0 Å². The van der Waals surface area contributed by atoms with Gasteiger partial charge in [0.15, 0.2) is 5.78 Å². The standard InChI is InChI=1S/C20H12N2O3/c23-20(13-8-10-15(11-9-13)22(24)25)17-6-3-7-18-19(17)16-5-2-1-4-14(16)12-21-18/h1-12H. The Balaban J connectivity index is 1.92. The van der Waals surface area contributed by atoms with Gasteiger partial charge in [0.25, 0.3) is 5.69 Å². The van der Waals surface area contributed by atoms with Crippen molar-refractivity contribution in [3.63, 3.8) is 0 Å². The highest BCUT2D eigenvalue weighted by atomic mass is 16.6. The van der Waals surface area contributed by atoms with Gasteiger partial charge < -0.3 is 0 Å². The second-order valence-electron chi connectivity index (χ2n) is 5.68. The van der Waals surface area contributed by atoms with Crippen LogP contribution in [0, 0.1) is 10.1 Å². The van der Waals surface area contributed by atoms with Crippen molar-refractivity contribution in [3.8, 4) is 0 Å².